The summed E-state index contributed by atoms with van der Waals surface area (Å²) in [5.41, 5.74) is 1.29. The Bertz CT molecular complexity index is 495. The lowest BCUT2D eigenvalue weighted by molar-refractivity contribution is 0.521. The van der Waals surface area contributed by atoms with Gasteiger partial charge in [-0.2, -0.15) is 0 Å². The van der Waals surface area contributed by atoms with Crippen LogP contribution in [0.1, 0.15) is 29.8 Å². The van der Waals surface area contributed by atoms with Crippen LogP contribution in [0.4, 0.5) is 0 Å². The zero-order chi connectivity index (χ0) is 13.0. The molecule has 1 atom stereocenters. The van der Waals surface area contributed by atoms with E-state index in [0.29, 0.717) is 6.04 Å². The fourth-order valence-corrected chi connectivity index (χ4v) is 3.43. The molecule has 0 aliphatic carbocycles. The molecule has 1 aromatic carbocycles. The molecule has 0 spiro atoms. The molecule has 96 valence electrons. The molecule has 2 rings (SSSR count). The Balaban J connectivity index is 2.01. The molecule has 1 nitrogen and oxygen atoms in total. The van der Waals surface area contributed by atoms with Crippen LogP contribution >= 0.6 is 38.9 Å². The minimum Gasteiger partial charge on any atom is -0.305 e. The summed E-state index contributed by atoms with van der Waals surface area (Å²) < 4.78 is 1.19. The van der Waals surface area contributed by atoms with Gasteiger partial charge in [-0.15, -0.1) is 11.3 Å². The predicted octanol–water partition coefficient (Wildman–Crippen LogP) is 5.40. The number of thiophene rings is 1. The average molecular weight is 345 g/mol. The first-order valence-electron chi connectivity index (χ1n) is 5.91. The lowest BCUT2D eigenvalue weighted by Crippen LogP contribution is -2.19. The molecule has 4 heteroatoms. The van der Waals surface area contributed by atoms with Gasteiger partial charge in [-0.25, -0.2) is 0 Å². The average Bonchev–Trinajstić information content (AvgIpc) is 2.78. The standard InChI is InChI=1S/C14H15BrClNS/c1-2-13(10-3-5-11(16)6-4-10)17-9-14-12(15)7-8-18-14/h3-8,13,17H,2,9H2,1H3. The molecule has 2 aromatic rings. The highest BCUT2D eigenvalue weighted by atomic mass is 79.9. The summed E-state index contributed by atoms with van der Waals surface area (Å²) in [4.78, 5) is 1.34. The normalized spacial score (nSPS) is 12.6. The van der Waals surface area contributed by atoms with Crippen molar-refractivity contribution in [2.45, 2.75) is 25.9 Å². The van der Waals surface area contributed by atoms with Crippen LogP contribution in [0.5, 0.6) is 0 Å². The summed E-state index contributed by atoms with van der Waals surface area (Å²) in [7, 11) is 0. The molecule has 0 saturated carbocycles. The molecule has 0 aliphatic heterocycles. The van der Waals surface area contributed by atoms with Crippen molar-refractivity contribution in [1.29, 1.82) is 0 Å². The Kier molecular flexibility index (Phi) is 5.25. The van der Waals surface area contributed by atoms with Gasteiger partial charge in [0.2, 0.25) is 0 Å². The molecule has 18 heavy (non-hydrogen) atoms. The maximum absolute atomic E-state index is 5.91. The number of rotatable bonds is 5. The minimum absolute atomic E-state index is 0.372. The summed E-state index contributed by atoms with van der Waals surface area (Å²) >= 11 is 11.2. The zero-order valence-electron chi connectivity index (χ0n) is 10.1. The topological polar surface area (TPSA) is 12.0 Å². The second-order valence-corrected chi connectivity index (χ2v) is 6.38. The maximum Gasteiger partial charge on any atom is 0.0406 e. The van der Waals surface area contributed by atoms with E-state index < -0.39 is 0 Å². The van der Waals surface area contributed by atoms with E-state index in [1.165, 1.54) is 14.9 Å². The van der Waals surface area contributed by atoms with Gasteiger partial charge in [-0.05, 0) is 51.5 Å². The van der Waals surface area contributed by atoms with Gasteiger partial charge in [-0.1, -0.05) is 30.7 Å². The van der Waals surface area contributed by atoms with Crippen LogP contribution in [0.25, 0.3) is 0 Å². The van der Waals surface area contributed by atoms with Crippen molar-refractivity contribution in [3.63, 3.8) is 0 Å². The highest BCUT2D eigenvalue weighted by molar-refractivity contribution is 9.10. The quantitative estimate of drug-likeness (QED) is 0.765. The van der Waals surface area contributed by atoms with Gasteiger partial charge in [0.25, 0.3) is 0 Å². The van der Waals surface area contributed by atoms with E-state index in [2.05, 4.69) is 51.7 Å². The molecule has 1 unspecified atom stereocenters. The molecule has 0 fully saturated rings. The fraction of sp³-hybridized carbons (Fsp3) is 0.286. The molecular weight excluding hydrogens is 330 g/mol. The van der Waals surface area contributed by atoms with E-state index >= 15 is 0 Å². The van der Waals surface area contributed by atoms with Crippen molar-refractivity contribution in [1.82, 2.24) is 5.32 Å². The van der Waals surface area contributed by atoms with Gasteiger partial charge in [0.15, 0.2) is 0 Å². The van der Waals surface area contributed by atoms with E-state index in [4.69, 9.17) is 11.6 Å². The van der Waals surface area contributed by atoms with Crippen LogP contribution < -0.4 is 5.32 Å². The molecule has 1 N–H and O–H groups in total. The molecule has 0 aliphatic rings. The number of benzene rings is 1. The van der Waals surface area contributed by atoms with E-state index in [1.54, 1.807) is 11.3 Å². The molecular formula is C14H15BrClNS. The first kappa shape index (κ1) is 14.1. The third-order valence-electron chi connectivity index (χ3n) is 2.88. The molecule has 1 aromatic heterocycles. The maximum atomic E-state index is 5.91. The first-order valence-corrected chi connectivity index (χ1v) is 7.96. The van der Waals surface area contributed by atoms with E-state index in [9.17, 15) is 0 Å². The zero-order valence-corrected chi connectivity index (χ0v) is 13.3. The summed E-state index contributed by atoms with van der Waals surface area (Å²) in [6.07, 6.45) is 1.06. The monoisotopic (exact) mass is 343 g/mol. The number of halogens is 2. The lowest BCUT2D eigenvalue weighted by atomic mass is 10.0. The molecule has 0 saturated heterocycles. The van der Waals surface area contributed by atoms with Gasteiger partial charge in [0.05, 0.1) is 0 Å². The van der Waals surface area contributed by atoms with Gasteiger partial charge in [-0.3, -0.25) is 0 Å². The Morgan fingerprint density at radius 1 is 1.28 bits per heavy atom. The summed E-state index contributed by atoms with van der Waals surface area (Å²) in [5.74, 6) is 0. The SMILES string of the molecule is CCC(NCc1sccc1Br)c1ccc(Cl)cc1. The van der Waals surface area contributed by atoms with Crippen molar-refractivity contribution in [3.8, 4) is 0 Å². The molecule has 1 heterocycles. The molecule has 0 bridgehead atoms. The highest BCUT2D eigenvalue weighted by Gasteiger charge is 2.10. The Hall–Kier alpha value is -0.350. The van der Waals surface area contributed by atoms with Crippen molar-refractivity contribution < 1.29 is 0 Å². The van der Waals surface area contributed by atoms with Crippen molar-refractivity contribution in [2.75, 3.05) is 0 Å². The van der Waals surface area contributed by atoms with Gasteiger partial charge < -0.3 is 5.32 Å². The van der Waals surface area contributed by atoms with Crippen LogP contribution in [0.3, 0.4) is 0 Å². The smallest absolute Gasteiger partial charge is 0.0406 e. The molecule has 0 amide bonds. The van der Waals surface area contributed by atoms with Gasteiger partial charge >= 0.3 is 0 Å². The minimum atomic E-state index is 0.372. The van der Waals surface area contributed by atoms with Gasteiger partial charge in [0.1, 0.15) is 0 Å². The van der Waals surface area contributed by atoms with Crippen LogP contribution in [0, 0.1) is 0 Å². The van der Waals surface area contributed by atoms with E-state index in [-0.39, 0.29) is 0 Å². The van der Waals surface area contributed by atoms with Crippen molar-refractivity contribution in [3.05, 3.63) is 55.6 Å². The van der Waals surface area contributed by atoms with E-state index in [0.717, 1.165) is 18.0 Å². The number of hydrogen-bond acceptors (Lipinski definition) is 2. The molecule has 0 radical (unpaired) electrons. The van der Waals surface area contributed by atoms with Crippen LogP contribution in [-0.2, 0) is 6.54 Å². The Morgan fingerprint density at radius 2 is 2.00 bits per heavy atom. The second kappa shape index (κ2) is 6.71. The second-order valence-electron chi connectivity index (χ2n) is 4.09. The van der Waals surface area contributed by atoms with Gasteiger partial charge in [0, 0.05) is 27.0 Å². The van der Waals surface area contributed by atoms with Crippen LogP contribution in [0.15, 0.2) is 40.2 Å². The first-order chi connectivity index (χ1) is 8.70. The fourth-order valence-electron chi connectivity index (χ4n) is 1.86. The van der Waals surface area contributed by atoms with Crippen LogP contribution in [-0.4, -0.2) is 0 Å². The Morgan fingerprint density at radius 3 is 2.56 bits per heavy atom. The third kappa shape index (κ3) is 3.58. The van der Waals surface area contributed by atoms with Crippen LogP contribution in [0.2, 0.25) is 5.02 Å². The summed E-state index contributed by atoms with van der Waals surface area (Å²) in [5, 5.41) is 6.47. The number of nitrogens with one attached hydrogen (secondary N) is 1. The highest BCUT2D eigenvalue weighted by Crippen LogP contribution is 2.24. The number of hydrogen-bond donors (Lipinski definition) is 1. The summed E-state index contributed by atoms with van der Waals surface area (Å²) in [6, 6.07) is 10.5. The lowest BCUT2D eigenvalue weighted by Gasteiger charge is -2.17. The predicted molar refractivity (Wildman–Crippen MR) is 83.3 cm³/mol. The van der Waals surface area contributed by atoms with Crippen molar-refractivity contribution in [2.24, 2.45) is 0 Å². The van der Waals surface area contributed by atoms with Crippen molar-refractivity contribution >= 4 is 38.9 Å². The third-order valence-corrected chi connectivity index (χ3v) is 5.06. The Labute approximate surface area is 125 Å². The largest absolute Gasteiger partial charge is 0.305 e. The summed E-state index contributed by atoms with van der Waals surface area (Å²) in [6.45, 7) is 3.08. The van der Waals surface area contributed by atoms with E-state index in [1.807, 2.05) is 12.1 Å².